The topological polar surface area (TPSA) is 81.8 Å². The summed E-state index contributed by atoms with van der Waals surface area (Å²) < 4.78 is 1.45. The van der Waals surface area contributed by atoms with Crippen molar-refractivity contribution in [2.24, 2.45) is 7.05 Å². The van der Waals surface area contributed by atoms with Gasteiger partial charge >= 0.3 is 0 Å². The number of aromatic amines is 1. The van der Waals surface area contributed by atoms with Crippen molar-refractivity contribution in [2.45, 2.75) is 12.8 Å². The highest BCUT2D eigenvalue weighted by Crippen LogP contribution is 2.40. The van der Waals surface area contributed by atoms with E-state index in [1.807, 2.05) is 49.4 Å². The van der Waals surface area contributed by atoms with E-state index in [-0.39, 0.29) is 11.3 Å². The summed E-state index contributed by atoms with van der Waals surface area (Å²) in [6.07, 6.45) is 0. The van der Waals surface area contributed by atoms with Crippen molar-refractivity contribution in [3.05, 3.63) is 99.0 Å². The van der Waals surface area contributed by atoms with E-state index < -0.39 is 5.92 Å². The Bertz CT molecular complexity index is 1270. The van der Waals surface area contributed by atoms with E-state index in [9.17, 15) is 9.90 Å². The van der Waals surface area contributed by atoms with Crippen LogP contribution in [0.4, 0.5) is 0 Å². The molecule has 0 amide bonds. The number of fused-ring (bicyclic) bond motifs is 1. The van der Waals surface area contributed by atoms with Gasteiger partial charge in [0.25, 0.3) is 5.56 Å². The minimum atomic E-state index is -0.469. The molecule has 4 rings (SSSR count). The second-order valence-electron chi connectivity index (χ2n) is 6.90. The van der Waals surface area contributed by atoms with Crippen LogP contribution in [0.5, 0.6) is 5.75 Å². The Kier molecular flexibility index (Phi) is 4.25. The molecule has 0 bridgehead atoms. The number of aryl methyl sites for hydroxylation is 2. The first kappa shape index (κ1) is 17.6. The fourth-order valence-corrected chi connectivity index (χ4v) is 3.86. The summed E-state index contributed by atoms with van der Waals surface area (Å²) in [5.74, 6) is -0.334. The number of nitrogens with one attached hydrogen (secondary N) is 1. The van der Waals surface area contributed by atoms with Gasteiger partial charge in [0, 0.05) is 24.2 Å². The summed E-state index contributed by atoms with van der Waals surface area (Å²) in [7, 11) is 1.68. The Labute approximate surface area is 162 Å². The third-order valence-electron chi connectivity index (χ3n) is 5.17. The number of aromatic hydroxyl groups is 1. The SMILES string of the molecule is Cc1[nH]n(C)c(=O)c1C(c1ccc(C#N)cc1)c1c(O)ccc2ccccc12. The molecule has 1 aromatic heterocycles. The minimum absolute atomic E-state index is 0.135. The predicted octanol–water partition coefficient (Wildman–Crippen LogP) is 3.93. The number of benzene rings is 3. The molecule has 3 aromatic carbocycles. The zero-order chi connectivity index (χ0) is 19.8. The molecule has 0 radical (unpaired) electrons. The first-order valence-corrected chi connectivity index (χ1v) is 8.97. The number of nitriles is 1. The minimum Gasteiger partial charge on any atom is -0.508 e. The standard InChI is InChI=1S/C23H19N3O2/c1-14-20(23(28)26(2)25-14)21(17-9-7-15(13-24)8-10-17)22-18-6-4-3-5-16(18)11-12-19(22)27/h3-12,21,25,27H,1-2H3. The predicted molar refractivity (Wildman–Crippen MR) is 108 cm³/mol. The van der Waals surface area contributed by atoms with Crippen molar-refractivity contribution >= 4 is 10.8 Å². The van der Waals surface area contributed by atoms with Crippen molar-refractivity contribution < 1.29 is 5.11 Å². The summed E-state index contributed by atoms with van der Waals surface area (Å²) in [6, 6.07) is 20.6. The number of H-pyrrole nitrogens is 1. The quantitative estimate of drug-likeness (QED) is 0.574. The lowest BCUT2D eigenvalue weighted by atomic mass is 9.82. The molecule has 0 spiro atoms. The third-order valence-corrected chi connectivity index (χ3v) is 5.17. The lowest BCUT2D eigenvalue weighted by Gasteiger charge is -2.21. The van der Waals surface area contributed by atoms with Gasteiger partial charge in [0.2, 0.25) is 0 Å². The van der Waals surface area contributed by atoms with Crippen LogP contribution in [0, 0.1) is 18.3 Å². The van der Waals surface area contributed by atoms with Gasteiger partial charge in [-0.3, -0.25) is 14.6 Å². The van der Waals surface area contributed by atoms with E-state index >= 15 is 0 Å². The molecule has 1 atom stereocenters. The zero-order valence-corrected chi connectivity index (χ0v) is 15.6. The fraction of sp³-hybridized carbons (Fsp3) is 0.130. The Hall–Kier alpha value is -3.78. The van der Waals surface area contributed by atoms with Crippen LogP contribution in [-0.4, -0.2) is 14.9 Å². The molecule has 1 unspecified atom stereocenters. The fourth-order valence-electron chi connectivity index (χ4n) is 3.86. The maximum absolute atomic E-state index is 12.9. The van der Waals surface area contributed by atoms with Gasteiger partial charge in [0.15, 0.2) is 0 Å². The van der Waals surface area contributed by atoms with Crippen LogP contribution in [-0.2, 0) is 7.05 Å². The number of phenolic OH excluding ortho intramolecular Hbond substituents is 1. The second kappa shape index (κ2) is 6.75. The van der Waals surface area contributed by atoms with E-state index in [1.165, 1.54) is 4.68 Å². The Morgan fingerprint density at radius 2 is 1.75 bits per heavy atom. The molecule has 0 aliphatic carbocycles. The van der Waals surface area contributed by atoms with Crippen molar-refractivity contribution in [1.82, 2.24) is 9.78 Å². The van der Waals surface area contributed by atoms with E-state index in [4.69, 9.17) is 5.26 Å². The van der Waals surface area contributed by atoms with Gasteiger partial charge in [0.1, 0.15) is 5.75 Å². The molecule has 2 N–H and O–H groups in total. The number of aromatic nitrogens is 2. The molecule has 4 aromatic rings. The highest BCUT2D eigenvalue weighted by Gasteiger charge is 2.28. The Morgan fingerprint density at radius 1 is 1.04 bits per heavy atom. The van der Waals surface area contributed by atoms with Crippen LogP contribution < -0.4 is 5.56 Å². The van der Waals surface area contributed by atoms with Crippen molar-refractivity contribution in [3.63, 3.8) is 0 Å². The van der Waals surface area contributed by atoms with Crippen LogP contribution in [0.2, 0.25) is 0 Å². The largest absolute Gasteiger partial charge is 0.508 e. The lowest BCUT2D eigenvalue weighted by molar-refractivity contribution is 0.468. The molecule has 5 nitrogen and oxygen atoms in total. The molecule has 0 saturated heterocycles. The van der Waals surface area contributed by atoms with Crippen molar-refractivity contribution in [2.75, 3.05) is 0 Å². The molecular formula is C23H19N3O2. The highest BCUT2D eigenvalue weighted by molar-refractivity contribution is 5.89. The number of phenols is 1. The second-order valence-corrected chi connectivity index (χ2v) is 6.90. The molecule has 0 saturated carbocycles. The van der Waals surface area contributed by atoms with Crippen LogP contribution in [0.25, 0.3) is 10.8 Å². The third kappa shape index (κ3) is 2.76. The maximum Gasteiger partial charge on any atom is 0.270 e. The highest BCUT2D eigenvalue weighted by atomic mass is 16.3. The molecule has 28 heavy (non-hydrogen) atoms. The van der Waals surface area contributed by atoms with Gasteiger partial charge < -0.3 is 5.11 Å². The van der Waals surface area contributed by atoms with Crippen molar-refractivity contribution in [1.29, 1.82) is 5.26 Å². The first-order chi connectivity index (χ1) is 13.5. The number of rotatable bonds is 3. The normalized spacial score (nSPS) is 12.0. The van der Waals surface area contributed by atoms with Gasteiger partial charge in [-0.1, -0.05) is 42.5 Å². The summed E-state index contributed by atoms with van der Waals surface area (Å²) in [5, 5.41) is 24.9. The average Bonchev–Trinajstić information content (AvgIpc) is 2.96. The van der Waals surface area contributed by atoms with Crippen molar-refractivity contribution in [3.8, 4) is 11.8 Å². The first-order valence-electron chi connectivity index (χ1n) is 8.97. The average molecular weight is 369 g/mol. The van der Waals surface area contributed by atoms with Crippen LogP contribution in [0.3, 0.4) is 0 Å². The van der Waals surface area contributed by atoms with E-state index in [0.29, 0.717) is 16.7 Å². The summed E-state index contributed by atoms with van der Waals surface area (Å²) >= 11 is 0. The Balaban J connectivity index is 2.09. The number of nitrogens with zero attached hydrogens (tertiary/aromatic N) is 2. The van der Waals surface area contributed by atoms with Gasteiger partial charge in [0.05, 0.1) is 17.2 Å². The monoisotopic (exact) mass is 369 g/mol. The van der Waals surface area contributed by atoms with Crippen LogP contribution in [0.15, 0.2) is 65.5 Å². The number of hydrogen-bond acceptors (Lipinski definition) is 3. The van der Waals surface area contributed by atoms with Crippen LogP contribution in [0.1, 0.15) is 33.9 Å². The summed E-state index contributed by atoms with van der Waals surface area (Å²) in [6.45, 7) is 1.86. The van der Waals surface area contributed by atoms with Crippen LogP contribution >= 0.6 is 0 Å². The summed E-state index contributed by atoms with van der Waals surface area (Å²) in [5.41, 5.74) is 3.25. The van der Waals surface area contributed by atoms with Gasteiger partial charge in [-0.25, -0.2) is 0 Å². The molecule has 0 fully saturated rings. The zero-order valence-electron chi connectivity index (χ0n) is 15.6. The summed E-state index contributed by atoms with van der Waals surface area (Å²) in [4.78, 5) is 12.9. The van der Waals surface area contributed by atoms with E-state index in [0.717, 1.165) is 22.0 Å². The van der Waals surface area contributed by atoms with E-state index in [1.54, 1.807) is 25.2 Å². The molecular weight excluding hydrogens is 350 g/mol. The Morgan fingerprint density at radius 3 is 2.39 bits per heavy atom. The molecule has 138 valence electrons. The molecule has 0 aliphatic heterocycles. The van der Waals surface area contributed by atoms with E-state index in [2.05, 4.69) is 11.2 Å². The maximum atomic E-state index is 12.9. The smallest absolute Gasteiger partial charge is 0.270 e. The lowest BCUT2D eigenvalue weighted by Crippen LogP contribution is -2.19. The molecule has 1 heterocycles. The van der Waals surface area contributed by atoms with Gasteiger partial charge in [-0.15, -0.1) is 0 Å². The van der Waals surface area contributed by atoms with Gasteiger partial charge in [-0.2, -0.15) is 5.26 Å². The molecule has 0 aliphatic rings. The molecule has 5 heteroatoms. The number of hydrogen-bond donors (Lipinski definition) is 2. The van der Waals surface area contributed by atoms with Gasteiger partial charge in [-0.05, 0) is 41.5 Å².